The normalized spacial score (nSPS) is 22.2. The lowest BCUT2D eigenvalue weighted by atomic mass is 9.84. The van der Waals surface area contributed by atoms with Gasteiger partial charge in [0.1, 0.15) is 0 Å². The minimum absolute atomic E-state index is 0.506. The Morgan fingerprint density at radius 1 is 1.36 bits per heavy atom. The molecule has 3 nitrogen and oxygen atoms in total. The molecule has 1 amide bonds. The zero-order valence-corrected chi connectivity index (χ0v) is 6.42. The maximum atomic E-state index is 10.9. The predicted molar refractivity (Wildman–Crippen MR) is 41.3 cm³/mol. The van der Waals surface area contributed by atoms with Crippen molar-refractivity contribution in [2.75, 3.05) is 0 Å². The first-order valence-corrected chi connectivity index (χ1v) is 3.87. The largest absolute Gasteiger partial charge is 0.546 e. The Balaban J connectivity index is 2.65. The third-order valence-corrected chi connectivity index (χ3v) is 2.20. The van der Waals surface area contributed by atoms with Crippen LogP contribution in [0.2, 0.25) is 0 Å². The van der Waals surface area contributed by atoms with Gasteiger partial charge in [-0.2, -0.15) is 4.79 Å². The average Bonchev–Trinajstić information content (AvgIpc) is 2.04. The van der Waals surface area contributed by atoms with Gasteiger partial charge in [0.2, 0.25) is 5.60 Å². The lowest BCUT2D eigenvalue weighted by Crippen LogP contribution is -2.38. The topological polar surface area (TPSA) is 41.7 Å². The molecule has 0 saturated heterocycles. The van der Waals surface area contributed by atoms with E-state index in [0.717, 1.165) is 19.3 Å². The van der Waals surface area contributed by atoms with Crippen LogP contribution in [0.15, 0.2) is 0 Å². The van der Waals surface area contributed by atoms with Crippen molar-refractivity contribution in [2.24, 2.45) is 0 Å². The number of carbonyl (C=O) groups is 1. The molecule has 60 valence electrons. The molecular formula is C8H12NO2+. The lowest BCUT2D eigenvalue weighted by Gasteiger charge is -2.22. The number of rotatable bonds is 1. The number of amides is 1. The number of hydrogen-bond acceptors (Lipinski definition) is 2. The molecule has 0 atom stereocenters. The van der Waals surface area contributed by atoms with E-state index in [4.69, 9.17) is 6.57 Å². The summed E-state index contributed by atoms with van der Waals surface area (Å²) in [6.45, 7) is 4.80. The van der Waals surface area contributed by atoms with Crippen LogP contribution in [0.4, 0.5) is 0 Å². The van der Waals surface area contributed by atoms with Crippen molar-refractivity contribution in [3.63, 3.8) is 0 Å². The van der Waals surface area contributed by atoms with Crippen LogP contribution in [0.5, 0.6) is 0 Å². The fraction of sp³-hybridized carbons (Fsp3) is 0.750. The highest BCUT2D eigenvalue weighted by Crippen LogP contribution is 2.28. The minimum Gasteiger partial charge on any atom is -0.375 e. The van der Waals surface area contributed by atoms with Gasteiger partial charge in [-0.15, -0.1) is 0 Å². The Bertz CT molecular complexity index is 199. The van der Waals surface area contributed by atoms with Gasteiger partial charge < -0.3 is 5.11 Å². The van der Waals surface area contributed by atoms with Gasteiger partial charge >= 0.3 is 5.91 Å². The second-order valence-corrected chi connectivity index (χ2v) is 3.03. The van der Waals surface area contributed by atoms with E-state index in [2.05, 4.69) is 4.85 Å². The summed E-state index contributed by atoms with van der Waals surface area (Å²) in [6, 6.07) is 0. The second kappa shape index (κ2) is 3.02. The molecule has 1 saturated carbocycles. The number of carbonyl (C=O) groups excluding carboxylic acids is 1. The zero-order valence-electron chi connectivity index (χ0n) is 6.42. The molecule has 1 aliphatic carbocycles. The molecule has 0 spiro atoms. The molecule has 11 heavy (non-hydrogen) atoms. The van der Waals surface area contributed by atoms with Crippen molar-refractivity contribution >= 4 is 5.91 Å². The van der Waals surface area contributed by atoms with Gasteiger partial charge in [0.25, 0.3) is 6.57 Å². The summed E-state index contributed by atoms with van der Waals surface area (Å²) in [5.41, 5.74) is -1.24. The van der Waals surface area contributed by atoms with Gasteiger partial charge in [-0.25, -0.2) is 0 Å². The first-order chi connectivity index (χ1) is 5.19. The molecule has 0 unspecified atom stereocenters. The number of nitrogens with zero attached hydrogens (tertiary/aromatic N) is 1. The Morgan fingerprint density at radius 2 is 1.91 bits per heavy atom. The van der Waals surface area contributed by atoms with Crippen LogP contribution in [0, 0.1) is 6.57 Å². The maximum absolute atomic E-state index is 10.9. The highest BCUT2D eigenvalue weighted by Gasteiger charge is 2.44. The Morgan fingerprint density at radius 3 is 2.36 bits per heavy atom. The van der Waals surface area contributed by atoms with E-state index in [9.17, 15) is 9.90 Å². The fourth-order valence-electron chi connectivity index (χ4n) is 1.47. The molecule has 0 aromatic rings. The average molecular weight is 154 g/mol. The van der Waals surface area contributed by atoms with Crippen LogP contribution in [-0.4, -0.2) is 16.6 Å². The van der Waals surface area contributed by atoms with E-state index >= 15 is 0 Å². The maximum Gasteiger partial charge on any atom is 0.546 e. The summed E-state index contributed by atoms with van der Waals surface area (Å²) in [5, 5.41) is 9.62. The van der Waals surface area contributed by atoms with Crippen LogP contribution in [0.1, 0.15) is 32.1 Å². The first kappa shape index (κ1) is 8.22. The molecular weight excluding hydrogens is 142 g/mol. The van der Waals surface area contributed by atoms with Crippen LogP contribution < -0.4 is 0 Å². The fourth-order valence-corrected chi connectivity index (χ4v) is 1.47. The first-order valence-electron chi connectivity index (χ1n) is 3.87. The van der Waals surface area contributed by atoms with E-state index in [1.54, 1.807) is 0 Å². The molecule has 1 aliphatic rings. The van der Waals surface area contributed by atoms with Crippen molar-refractivity contribution < 1.29 is 9.90 Å². The van der Waals surface area contributed by atoms with Gasteiger partial charge in [-0.1, -0.05) is 6.42 Å². The third kappa shape index (κ3) is 1.58. The SMILES string of the molecule is C#[N+]C(=O)C1(O)CCCCC1. The van der Waals surface area contributed by atoms with Crippen molar-refractivity contribution in [2.45, 2.75) is 37.7 Å². The van der Waals surface area contributed by atoms with Crippen LogP contribution in [0.3, 0.4) is 0 Å². The Kier molecular flexibility index (Phi) is 2.25. The minimum atomic E-state index is -1.24. The quantitative estimate of drug-likeness (QED) is 0.616. The van der Waals surface area contributed by atoms with Gasteiger partial charge in [0.15, 0.2) is 0 Å². The molecule has 1 N–H and O–H groups in total. The highest BCUT2D eigenvalue weighted by atomic mass is 16.3. The molecule has 0 radical (unpaired) electrons. The standard InChI is InChI=1S/C8H12NO2/c1-9-7(10)8(11)5-3-2-4-6-8/h1,11H,2-6H2/q+1. The van der Waals surface area contributed by atoms with Gasteiger partial charge in [-0.3, -0.25) is 0 Å². The monoisotopic (exact) mass is 154 g/mol. The second-order valence-electron chi connectivity index (χ2n) is 3.03. The van der Waals surface area contributed by atoms with Crippen molar-refractivity contribution in [1.29, 1.82) is 0 Å². The smallest absolute Gasteiger partial charge is 0.375 e. The van der Waals surface area contributed by atoms with Crippen molar-refractivity contribution in [1.82, 2.24) is 0 Å². The molecule has 1 rings (SSSR count). The molecule has 0 bridgehead atoms. The summed E-state index contributed by atoms with van der Waals surface area (Å²) < 4.78 is 0. The van der Waals surface area contributed by atoms with E-state index < -0.39 is 11.5 Å². The van der Waals surface area contributed by atoms with Crippen LogP contribution in [0.25, 0.3) is 4.85 Å². The van der Waals surface area contributed by atoms with Gasteiger partial charge in [0.05, 0.1) is 0 Å². The predicted octanol–water partition coefficient (Wildman–Crippen LogP) is 1.17. The van der Waals surface area contributed by atoms with E-state index in [0.29, 0.717) is 12.8 Å². The van der Waals surface area contributed by atoms with Crippen molar-refractivity contribution in [3.8, 4) is 6.57 Å². The Labute approximate surface area is 65.8 Å². The summed E-state index contributed by atoms with van der Waals surface area (Å²) in [5.74, 6) is -0.572. The molecule has 1 fully saturated rings. The summed E-state index contributed by atoms with van der Waals surface area (Å²) in [4.78, 5) is 13.9. The number of aliphatic hydroxyl groups is 1. The third-order valence-electron chi connectivity index (χ3n) is 2.20. The molecule has 3 heteroatoms. The van der Waals surface area contributed by atoms with E-state index in [1.165, 1.54) is 0 Å². The van der Waals surface area contributed by atoms with Crippen LogP contribution in [-0.2, 0) is 4.79 Å². The summed E-state index contributed by atoms with van der Waals surface area (Å²) in [6.07, 6.45) is 3.87. The van der Waals surface area contributed by atoms with Gasteiger partial charge in [0, 0.05) is 4.85 Å². The van der Waals surface area contributed by atoms with Gasteiger partial charge in [-0.05, 0) is 25.7 Å². The van der Waals surface area contributed by atoms with Crippen molar-refractivity contribution in [3.05, 3.63) is 4.85 Å². The lowest BCUT2D eigenvalue weighted by molar-refractivity contribution is -0.135. The number of hydrogen-bond donors (Lipinski definition) is 1. The highest BCUT2D eigenvalue weighted by molar-refractivity contribution is 5.93. The van der Waals surface area contributed by atoms with E-state index in [-0.39, 0.29) is 0 Å². The van der Waals surface area contributed by atoms with Crippen LogP contribution >= 0.6 is 0 Å². The molecule has 0 aromatic heterocycles. The molecule has 0 heterocycles. The zero-order chi connectivity index (χ0) is 8.32. The van der Waals surface area contributed by atoms with E-state index in [1.807, 2.05) is 0 Å². The molecule has 0 aliphatic heterocycles. The summed E-state index contributed by atoms with van der Waals surface area (Å²) in [7, 11) is 0. The summed E-state index contributed by atoms with van der Waals surface area (Å²) >= 11 is 0. The Hall–Kier alpha value is -0.880. The molecule has 0 aromatic carbocycles.